The van der Waals surface area contributed by atoms with Gasteiger partial charge in [-0.15, -0.1) is 0 Å². The van der Waals surface area contributed by atoms with E-state index in [9.17, 15) is 9.59 Å². The highest BCUT2D eigenvalue weighted by Crippen LogP contribution is 2.60. The van der Waals surface area contributed by atoms with E-state index in [1.54, 1.807) is 6.20 Å². The molecule has 198 valence electrons. The Morgan fingerprint density at radius 3 is 1.82 bits per heavy atom. The first-order valence-electron chi connectivity index (χ1n) is 13.2. The Morgan fingerprint density at radius 1 is 0.750 bits per heavy atom. The van der Waals surface area contributed by atoms with Crippen molar-refractivity contribution in [3.05, 3.63) is 140 Å². The van der Waals surface area contributed by atoms with Crippen molar-refractivity contribution < 1.29 is 14.3 Å². The molecule has 7 heteroatoms. The van der Waals surface area contributed by atoms with E-state index in [0.717, 1.165) is 25.8 Å². The highest BCUT2D eigenvalue weighted by molar-refractivity contribution is 9.10. The summed E-state index contributed by atoms with van der Waals surface area (Å²) in [6.07, 6.45) is 3.49. The molecule has 4 aromatic rings. The van der Waals surface area contributed by atoms with Crippen molar-refractivity contribution in [3.8, 4) is 5.75 Å². The smallest absolute Gasteiger partial charge is 0.253 e. The van der Waals surface area contributed by atoms with Crippen molar-refractivity contribution in [1.82, 2.24) is 10.4 Å². The predicted molar refractivity (Wildman–Crippen MR) is 160 cm³/mol. The van der Waals surface area contributed by atoms with Crippen LogP contribution in [0.5, 0.6) is 5.75 Å². The molecule has 8 rings (SSSR count). The van der Waals surface area contributed by atoms with Crippen LogP contribution in [-0.4, -0.2) is 16.8 Å². The number of amides is 2. The average molecular weight is 656 g/mol. The van der Waals surface area contributed by atoms with Gasteiger partial charge in [-0.3, -0.25) is 15.0 Å². The first-order chi connectivity index (χ1) is 19.5. The number of benzene rings is 4. The predicted octanol–water partition coefficient (Wildman–Crippen LogP) is 7.16. The quantitative estimate of drug-likeness (QED) is 0.224. The van der Waals surface area contributed by atoms with Crippen molar-refractivity contribution >= 4 is 49.8 Å². The van der Waals surface area contributed by atoms with E-state index in [0.29, 0.717) is 6.61 Å². The van der Waals surface area contributed by atoms with Gasteiger partial charge in [0.2, 0.25) is 0 Å². The van der Waals surface area contributed by atoms with Gasteiger partial charge >= 0.3 is 0 Å². The Bertz CT molecular complexity index is 1570. The van der Waals surface area contributed by atoms with E-state index in [-0.39, 0.29) is 23.7 Å². The normalized spacial score (nSPS) is 22.3. The van der Waals surface area contributed by atoms with Crippen LogP contribution in [0.25, 0.3) is 6.08 Å². The number of hydrazine groups is 1. The molecule has 0 saturated carbocycles. The maximum absolute atomic E-state index is 13.7. The molecule has 1 N–H and O–H groups in total. The second-order valence-electron chi connectivity index (χ2n) is 10.3. The minimum atomic E-state index is -0.403. The number of hydrogen-bond donors (Lipinski definition) is 1. The van der Waals surface area contributed by atoms with Gasteiger partial charge in [0.25, 0.3) is 11.8 Å². The molecule has 5 nitrogen and oxygen atoms in total. The summed E-state index contributed by atoms with van der Waals surface area (Å²) in [5.74, 6) is -0.644. The number of ether oxygens (including phenoxy) is 1. The van der Waals surface area contributed by atoms with Gasteiger partial charge in [0.1, 0.15) is 12.4 Å². The summed E-state index contributed by atoms with van der Waals surface area (Å²) in [4.78, 5) is 27.4. The Hall–Kier alpha value is -3.68. The monoisotopic (exact) mass is 654 g/mol. The highest BCUT2D eigenvalue weighted by Gasteiger charge is 2.61. The van der Waals surface area contributed by atoms with Crippen LogP contribution >= 0.6 is 31.9 Å². The third-order valence-electron chi connectivity index (χ3n) is 8.19. The average Bonchev–Trinajstić information content (AvgIpc) is 3.23. The summed E-state index contributed by atoms with van der Waals surface area (Å²) >= 11 is 7.04. The van der Waals surface area contributed by atoms with Crippen LogP contribution in [0.1, 0.15) is 45.2 Å². The van der Waals surface area contributed by atoms with Crippen molar-refractivity contribution in [3.63, 3.8) is 0 Å². The van der Waals surface area contributed by atoms with Crippen molar-refractivity contribution in [2.24, 2.45) is 11.8 Å². The third-order valence-corrected chi connectivity index (χ3v) is 9.34. The Balaban J connectivity index is 1.08. The molecule has 2 bridgehead atoms. The van der Waals surface area contributed by atoms with E-state index in [4.69, 9.17) is 4.74 Å². The lowest BCUT2D eigenvalue weighted by molar-refractivity contribution is -0.142. The first-order valence-corrected chi connectivity index (χ1v) is 14.7. The van der Waals surface area contributed by atoms with Gasteiger partial charge in [-0.05, 0) is 79.7 Å². The van der Waals surface area contributed by atoms with E-state index in [1.165, 1.54) is 27.3 Å². The first kappa shape index (κ1) is 25.3. The molecule has 1 heterocycles. The summed E-state index contributed by atoms with van der Waals surface area (Å²) in [7, 11) is 0. The van der Waals surface area contributed by atoms with E-state index >= 15 is 0 Å². The molecule has 3 aliphatic carbocycles. The second kappa shape index (κ2) is 10.1. The SMILES string of the molecule is O=C1[C@H]2C3c4ccccc4C(c4ccccc43)[C@@H]2C(=O)N1N/C=C/c1ccc(OCc2ccc(Br)cc2)c(Br)c1. The molecule has 0 radical (unpaired) electrons. The highest BCUT2D eigenvalue weighted by atomic mass is 79.9. The lowest BCUT2D eigenvalue weighted by Crippen LogP contribution is -2.41. The van der Waals surface area contributed by atoms with Crippen molar-refractivity contribution in [1.29, 1.82) is 0 Å². The fourth-order valence-electron chi connectivity index (χ4n) is 6.49. The van der Waals surface area contributed by atoms with Gasteiger partial charge in [-0.25, -0.2) is 0 Å². The number of nitrogens with one attached hydrogen (secondary N) is 1. The van der Waals surface area contributed by atoms with E-state index < -0.39 is 11.8 Å². The largest absolute Gasteiger partial charge is 0.488 e. The number of nitrogens with zero attached hydrogens (tertiary/aromatic N) is 1. The Kier molecular flexibility index (Phi) is 6.36. The topological polar surface area (TPSA) is 58.6 Å². The van der Waals surface area contributed by atoms with Crippen LogP contribution in [-0.2, 0) is 16.2 Å². The summed E-state index contributed by atoms with van der Waals surface area (Å²) in [6.45, 7) is 0.458. The molecule has 0 aromatic heterocycles. The second-order valence-corrected chi connectivity index (χ2v) is 12.1. The molecular weight excluding hydrogens is 632 g/mol. The maximum atomic E-state index is 13.7. The number of halogens is 2. The summed E-state index contributed by atoms with van der Waals surface area (Å²) in [6, 6.07) is 30.3. The van der Waals surface area contributed by atoms with Crippen LogP contribution in [0.15, 0.2) is 106 Å². The fraction of sp³-hybridized carbons (Fsp3) is 0.152. The molecule has 4 aromatic carbocycles. The van der Waals surface area contributed by atoms with Crippen LogP contribution in [0.3, 0.4) is 0 Å². The van der Waals surface area contributed by atoms with Crippen LogP contribution < -0.4 is 10.2 Å². The lowest BCUT2D eigenvalue weighted by atomic mass is 9.55. The molecule has 1 fully saturated rings. The standard InChI is InChI=1S/C33H24Br2N2O3/c34-21-12-9-20(10-13-21)18-40-27-14-11-19(17-26(27)35)15-16-36-37-32(38)30-28-22-5-1-2-6-23(22)29(31(30)33(37)39)25-8-4-3-7-24(25)28/h1-17,28-31,36H,18H2/b16-15+/t28?,29?,30-,31-/m0/s1. The molecule has 2 atom stereocenters. The Morgan fingerprint density at radius 2 is 1.30 bits per heavy atom. The summed E-state index contributed by atoms with van der Waals surface area (Å²) in [5, 5.41) is 1.22. The van der Waals surface area contributed by atoms with Gasteiger partial charge in [0.15, 0.2) is 0 Å². The molecular formula is C33H24Br2N2O3. The van der Waals surface area contributed by atoms with E-state index in [2.05, 4.69) is 61.6 Å². The molecule has 2 amide bonds. The minimum absolute atomic E-state index is 0.115. The Labute approximate surface area is 249 Å². The zero-order valence-electron chi connectivity index (χ0n) is 21.3. The van der Waals surface area contributed by atoms with Crippen molar-refractivity contribution in [2.75, 3.05) is 0 Å². The number of hydrogen-bond acceptors (Lipinski definition) is 4. The summed E-state index contributed by atoms with van der Waals surface area (Å²) < 4.78 is 7.81. The number of carbonyl (C=O) groups is 2. The molecule has 40 heavy (non-hydrogen) atoms. The van der Waals surface area contributed by atoms with Crippen LogP contribution in [0.2, 0.25) is 0 Å². The molecule has 1 aliphatic heterocycles. The van der Waals surface area contributed by atoms with Gasteiger partial charge < -0.3 is 4.74 Å². The maximum Gasteiger partial charge on any atom is 0.253 e. The zero-order chi connectivity index (χ0) is 27.4. The van der Waals surface area contributed by atoms with Crippen LogP contribution in [0, 0.1) is 11.8 Å². The zero-order valence-corrected chi connectivity index (χ0v) is 24.4. The third kappa shape index (κ3) is 4.11. The van der Waals surface area contributed by atoms with Gasteiger partial charge in [-0.1, -0.05) is 82.7 Å². The number of carbonyl (C=O) groups excluding carboxylic acids is 2. The molecule has 0 spiro atoms. The van der Waals surface area contributed by atoms with Gasteiger partial charge in [0.05, 0.1) is 16.3 Å². The van der Waals surface area contributed by atoms with Crippen LogP contribution in [0.4, 0.5) is 0 Å². The molecule has 0 unspecified atom stereocenters. The van der Waals surface area contributed by atoms with E-state index in [1.807, 2.05) is 72.8 Å². The van der Waals surface area contributed by atoms with Gasteiger partial charge in [0, 0.05) is 22.5 Å². The fourth-order valence-corrected chi connectivity index (χ4v) is 7.27. The lowest BCUT2D eigenvalue weighted by Gasteiger charge is -2.45. The van der Waals surface area contributed by atoms with Crippen molar-refractivity contribution in [2.45, 2.75) is 18.4 Å². The molecule has 4 aliphatic rings. The minimum Gasteiger partial charge on any atom is -0.488 e. The number of imide groups is 1. The van der Waals surface area contributed by atoms with Gasteiger partial charge in [-0.2, -0.15) is 5.01 Å². The molecule has 1 saturated heterocycles. The number of rotatable bonds is 6. The summed E-state index contributed by atoms with van der Waals surface area (Å²) in [5.41, 5.74) is 9.63.